The third kappa shape index (κ3) is 2.99. The van der Waals surface area contributed by atoms with Crippen molar-refractivity contribution in [2.75, 3.05) is 7.11 Å². The second kappa shape index (κ2) is 4.95. The van der Waals surface area contributed by atoms with Gasteiger partial charge in [-0.25, -0.2) is 4.98 Å². The molecule has 0 aromatic carbocycles. The third-order valence-electron chi connectivity index (χ3n) is 1.51. The van der Waals surface area contributed by atoms with E-state index in [1.165, 1.54) is 14.0 Å². The Hall–Kier alpha value is -1.10. The number of carbonyl (C=O) groups is 1. The number of methoxy groups -OCH3 is 1. The maximum Gasteiger partial charge on any atom is 0.303 e. The molecule has 1 aromatic heterocycles. The summed E-state index contributed by atoms with van der Waals surface area (Å²) in [5.74, 6) is 0.164. The number of hydrogen-bond donors (Lipinski definition) is 0. The van der Waals surface area contributed by atoms with Gasteiger partial charge in [-0.3, -0.25) is 4.79 Å². The van der Waals surface area contributed by atoms with Crippen molar-refractivity contribution >= 4 is 21.9 Å². The van der Waals surface area contributed by atoms with E-state index in [4.69, 9.17) is 9.47 Å². The fraction of sp³-hybridized carbons (Fsp3) is 0.333. The molecular weight excluding hydrogens is 250 g/mol. The normalized spacial score (nSPS) is 9.64. The SMILES string of the molecule is COc1ccc(Br)c(COC(C)=O)n1. The first-order chi connectivity index (χ1) is 6.63. The van der Waals surface area contributed by atoms with Crippen LogP contribution in [-0.4, -0.2) is 18.1 Å². The van der Waals surface area contributed by atoms with Crippen LogP contribution in [0.4, 0.5) is 0 Å². The quantitative estimate of drug-likeness (QED) is 0.779. The lowest BCUT2D eigenvalue weighted by Gasteiger charge is -2.05. The number of nitrogens with zero attached hydrogens (tertiary/aromatic N) is 1. The van der Waals surface area contributed by atoms with Crippen molar-refractivity contribution in [1.82, 2.24) is 4.98 Å². The molecule has 0 spiro atoms. The number of carbonyl (C=O) groups excluding carboxylic acids is 1. The van der Waals surface area contributed by atoms with Crippen LogP contribution in [0.15, 0.2) is 16.6 Å². The van der Waals surface area contributed by atoms with Crippen molar-refractivity contribution in [3.05, 3.63) is 22.3 Å². The molecule has 14 heavy (non-hydrogen) atoms. The summed E-state index contributed by atoms with van der Waals surface area (Å²) < 4.78 is 10.6. The topological polar surface area (TPSA) is 48.4 Å². The molecule has 0 fully saturated rings. The summed E-state index contributed by atoms with van der Waals surface area (Å²) in [6, 6.07) is 3.52. The second-order valence-electron chi connectivity index (χ2n) is 2.56. The molecule has 0 saturated carbocycles. The molecule has 1 rings (SSSR count). The second-order valence-corrected chi connectivity index (χ2v) is 3.42. The highest BCUT2D eigenvalue weighted by Crippen LogP contribution is 2.19. The highest BCUT2D eigenvalue weighted by atomic mass is 79.9. The third-order valence-corrected chi connectivity index (χ3v) is 2.24. The Morgan fingerprint density at radius 2 is 2.29 bits per heavy atom. The van der Waals surface area contributed by atoms with Crippen LogP contribution in [0.3, 0.4) is 0 Å². The molecule has 1 aromatic rings. The smallest absolute Gasteiger partial charge is 0.303 e. The Kier molecular flexibility index (Phi) is 3.88. The molecule has 0 radical (unpaired) electrons. The number of esters is 1. The number of pyridine rings is 1. The average molecular weight is 260 g/mol. The molecule has 0 aliphatic heterocycles. The van der Waals surface area contributed by atoms with Crippen LogP contribution in [0.25, 0.3) is 0 Å². The van der Waals surface area contributed by atoms with Gasteiger partial charge in [0.05, 0.1) is 12.8 Å². The van der Waals surface area contributed by atoms with E-state index in [0.29, 0.717) is 11.6 Å². The van der Waals surface area contributed by atoms with Crippen LogP contribution in [0.2, 0.25) is 0 Å². The number of halogens is 1. The highest BCUT2D eigenvalue weighted by molar-refractivity contribution is 9.10. The van der Waals surface area contributed by atoms with Gasteiger partial charge in [0, 0.05) is 17.5 Å². The summed E-state index contributed by atoms with van der Waals surface area (Å²) in [5, 5.41) is 0. The van der Waals surface area contributed by atoms with Crippen molar-refractivity contribution in [2.45, 2.75) is 13.5 Å². The van der Waals surface area contributed by atoms with E-state index in [1.807, 2.05) is 0 Å². The summed E-state index contributed by atoms with van der Waals surface area (Å²) in [5.41, 5.74) is 0.638. The molecule has 0 atom stereocenters. The predicted octanol–water partition coefficient (Wildman–Crippen LogP) is 1.92. The van der Waals surface area contributed by atoms with Gasteiger partial charge < -0.3 is 9.47 Å². The fourth-order valence-corrected chi connectivity index (χ4v) is 1.18. The molecule has 0 aliphatic rings. The van der Waals surface area contributed by atoms with Crippen molar-refractivity contribution in [2.24, 2.45) is 0 Å². The molecule has 0 saturated heterocycles. The van der Waals surface area contributed by atoms with Gasteiger partial charge in [-0.2, -0.15) is 0 Å². The van der Waals surface area contributed by atoms with Gasteiger partial charge in [0.2, 0.25) is 5.88 Å². The van der Waals surface area contributed by atoms with Gasteiger partial charge >= 0.3 is 5.97 Å². The predicted molar refractivity (Wildman–Crippen MR) is 54.0 cm³/mol. The fourth-order valence-electron chi connectivity index (χ4n) is 0.849. The molecule has 5 heteroatoms. The lowest BCUT2D eigenvalue weighted by molar-refractivity contribution is -0.142. The molecule has 4 nitrogen and oxygen atoms in total. The first-order valence-corrected chi connectivity index (χ1v) is 4.75. The van der Waals surface area contributed by atoms with Crippen LogP contribution < -0.4 is 4.74 Å². The van der Waals surface area contributed by atoms with Crippen LogP contribution in [0.1, 0.15) is 12.6 Å². The van der Waals surface area contributed by atoms with Crippen LogP contribution in [0, 0.1) is 0 Å². The Labute approximate surface area is 90.4 Å². The van der Waals surface area contributed by atoms with Gasteiger partial charge in [-0.15, -0.1) is 0 Å². The van der Waals surface area contributed by atoms with Crippen molar-refractivity contribution < 1.29 is 14.3 Å². The van der Waals surface area contributed by atoms with Crippen LogP contribution in [0.5, 0.6) is 5.88 Å². The van der Waals surface area contributed by atoms with Crippen molar-refractivity contribution in [1.29, 1.82) is 0 Å². The Balaban J connectivity index is 2.78. The van der Waals surface area contributed by atoms with E-state index in [9.17, 15) is 4.79 Å². The molecule has 0 unspecified atom stereocenters. The number of ether oxygens (including phenoxy) is 2. The van der Waals surface area contributed by atoms with Crippen molar-refractivity contribution in [3.8, 4) is 5.88 Å². The van der Waals surface area contributed by atoms with E-state index in [1.54, 1.807) is 12.1 Å². The summed E-state index contributed by atoms with van der Waals surface area (Å²) in [7, 11) is 1.53. The zero-order valence-corrected chi connectivity index (χ0v) is 9.50. The number of aromatic nitrogens is 1. The number of hydrogen-bond acceptors (Lipinski definition) is 4. The maximum atomic E-state index is 10.6. The van der Waals surface area contributed by atoms with E-state index >= 15 is 0 Å². The van der Waals surface area contributed by atoms with E-state index in [2.05, 4.69) is 20.9 Å². The first-order valence-electron chi connectivity index (χ1n) is 3.96. The summed E-state index contributed by atoms with van der Waals surface area (Å²) in [6.07, 6.45) is 0. The summed E-state index contributed by atoms with van der Waals surface area (Å²) in [6.45, 7) is 1.50. The molecule has 1 heterocycles. The zero-order valence-electron chi connectivity index (χ0n) is 7.91. The van der Waals surface area contributed by atoms with Crippen LogP contribution in [-0.2, 0) is 16.1 Å². The summed E-state index contributed by atoms with van der Waals surface area (Å²) >= 11 is 3.30. The minimum absolute atomic E-state index is 0.146. The molecule has 0 bridgehead atoms. The zero-order chi connectivity index (χ0) is 10.6. The molecule has 76 valence electrons. The standard InChI is InChI=1S/C9H10BrNO3/c1-6(12)14-5-8-7(10)3-4-9(11-8)13-2/h3-4H,5H2,1-2H3. The molecule has 0 N–H and O–H groups in total. The maximum absolute atomic E-state index is 10.6. The lowest BCUT2D eigenvalue weighted by Crippen LogP contribution is -2.02. The minimum atomic E-state index is -0.332. The highest BCUT2D eigenvalue weighted by Gasteiger charge is 2.05. The van der Waals surface area contributed by atoms with E-state index in [-0.39, 0.29) is 12.6 Å². The molecule has 0 amide bonds. The van der Waals surface area contributed by atoms with Crippen molar-refractivity contribution in [3.63, 3.8) is 0 Å². The van der Waals surface area contributed by atoms with Gasteiger partial charge in [0.1, 0.15) is 6.61 Å². The van der Waals surface area contributed by atoms with Crippen LogP contribution >= 0.6 is 15.9 Å². The van der Waals surface area contributed by atoms with Gasteiger partial charge in [0.25, 0.3) is 0 Å². The molecule has 0 aliphatic carbocycles. The van der Waals surface area contributed by atoms with Gasteiger partial charge in [-0.05, 0) is 22.0 Å². The largest absolute Gasteiger partial charge is 0.481 e. The van der Waals surface area contributed by atoms with E-state index in [0.717, 1.165) is 4.47 Å². The monoisotopic (exact) mass is 259 g/mol. The lowest BCUT2D eigenvalue weighted by atomic mass is 10.3. The Morgan fingerprint density at radius 1 is 1.57 bits per heavy atom. The van der Waals surface area contributed by atoms with Gasteiger partial charge in [0.15, 0.2) is 0 Å². The van der Waals surface area contributed by atoms with Gasteiger partial charge in [-0.1, -0.05) is 0 Å². The first kappa shape index (κ1) is 11.0. The Morgan fingerprint density at radius 3 is 2.86 bits per heavy atom. The average Bonchev–Trinajstić information content (AvgIpc) is 2.16. The number of rotatable bonds is 3. The Bertz CT molecular complexity index is 341. The van der Waals surface area contributed by atoms with E-state index < -0.39 is 0 Å². The minimum Gasteiger partial charge on any atom is -0.481 e. The molecular formula is C9H10BrNO3. The summed E-state index contributed by atoms with van der Waals surface area (Å²) in [4.78, 5) is 14.7.